The summed E-state index contributed by atoms with van der Waals surface area (Å²) in [6.45, 7) is 3.23. The first kappa shape index (κ1) is 13.8. The van der Waals surface area contributed by atoms with Crippen molar-refractivity contribution in [3.05, 3.63) is 53.9 Å². The topological polar surface area (TPSA) is 30.3 Å². The molecule has 102 valence electrons. The van der Waals surface area contributed by atoms with E-state index in [2.05, 4.69) is 41.3 Å². The van der Waals surface area contributed by atoms with Gasteiger partial charge in [-0.05, 0) is 18.7 Å². The number of hydrogen-bond acceptors (Lipinski definition) is 3. The van der Waals surface area contributed by atoms with Crippen molar-refractivity contribution < 1.29 is 4.74 Å². The average molecular weight is 259 g/mol. The van der Waals surface area contributed by atoms with E-state index in [-0.39, 0.29) is 0 Å². The molecule has 0 bridgehead atoms. The monoisotopic (exact) mass is 259 g/mol. The van der Waals surface area contributed by atoms with Crippen LogP contribution in [0.1, 0.15) is 11.3 Å². The third kappa shape index (κ3) is 4.50. The van der Waals surface area contributed by atoms with Gasteiger partial charge in [-0.15, -0.1) is 0 Å². The zero-order valence-electron chi connectivity index (χ0n) is 11.6. The van der Waals surface area contributed by atoms with Crippen molar-refractivity contribution in [3.8, 4) is 0 Å². The third-order valence-corrected chi connectivity index (χ3v) is 3.09. The molecule has 1 heterocycles. The van der Waals surface area contributed by atoms with E-state index < -0.39 is 0 Å². The highest BCUT2D eigenvalue weighted by Gasteiger charge is 2.01. The minimum absolute atomic E-state index is 0.621. The van der Waals surface area contributed by atoms with E-state index >= 15 is 0 Å². The van der Waals surface area contributed by atoms with Crippen LogP contribution in [-0.2, 0) is 24.9 Å². The molecule has 4 nitrogen and oxygen atoms in total. The molecule has 0 unspecified atom stereocenters. The van der Waals surface area contributed by atoms with Gasteiger partial charge in [0.1, 0.15) is 0 Å². The fraction of sp³-hybridized carbons (Fsp3) is 0.400. The van der Waals surface area contributed by atoms with Gasteiger partial charge in [-0.1, -0.05) is 30.3 Å². The summed E-state index contributed by atoms with van der Waals surface area (Å²) >= 11 is 0. The molecule has 4 heteroatoms. The first-order valence-corrected chi connectivity index (χ1v) is 6.53. The van der Waals surface area contributed by atoms with E-state index in [1.54, 1.807) is 6.20 Å². The molecule has 0 spiro atoms. The van der Waals surface area contributed by atoms with Crippen molar-refractivity contribution in [1.29, 1.82) is 0 Å². The maximum Gasteiger partial charge on any atom is 0.0885 e. The lowest BCUT2D eigenvalue weighted by Gasteiger charge is -2.16. The number of benzene rings is 1. The predicted molar refractivity (Wildman–Crippen MR) is 75.6 cm³/mol. The van der Waals surface area contributed by atoms with E-state index in [0.717, 1.165) is 25.4 Å². The van der Waals surface area contributed by atoms with Crippen LogP contribution in [0.25, 0.3) is 0 Å². The lowest BCUT2D eigenvalue weighted by atomic mass is 10.2. The van der Waals surface area contributed by atoms with Crippen molar-refractivity contribution in [2.24, 2.45) is 7.05 Å². The van der Waals surface area contributed by atoms with Crippen LogP contribution in [-0.4, -0.2) is 34.9 Å². The molecule has 1 aromatic carbocycles. The summed E-state index contributed by atoms with van der Waals surface area (Å²) in [5, 5.41) is 4.11. The molecular weight excluding hydrogens is 238 g/mol. The lowest BCUT2D eigenvalue weighted by molar-refractivity contribution is 0.0939. The zero-order chi connectivity index (χ0) is 13.5. The summed E-state index contributed by atoms with van der Waals surface area (Å²) in [5.74, 6) is 0. The molecule has 1 aromatic heterocycles. The van der Waals surface area contributed by atoms with Crippen LogP contribution in [0.5, 0.6) is 0 Å². The maximum atomic E-state index is 5.66. The number of hydrogen-bond donors (Lipinski definition) is 0. The highest BCUT2D eigenvalue weighted by atomic mass is 16.5. The first-order valence-electron chi connectivity index (χ1n) is 6.53. The SMILES string of the molecule is CN(CCOCc1ccnn1C)Cc1ccccc1. The van der Waals surface area contributed by atoms with Crippen molar-refractivity contribution in [2.45, 2.75) is 13.2 Å². The van der Waals surface area contributed by atoms with Crippen LogP contribution in [0, 0.1) is 0 Å². The van der Waals surface area contributed by atoms with Gasteiger partial charge in [0.25, 0.3) is 0 Å². The van der Waals surface area contributed by atoms with E-state index in [1.165, 1.54) is 5.56 Å². The Bertz CT molecular complexity index is 481. The summed E-state index contributed by atoms with van der Waals surface area (Å²) in [5.41, 5.74) is 2.43. The molecule has 0 aliphatic rings. The summed E-state index contributed by atoms with van der Waals surface area (Å²) in [4.78, 5) is 2.26. The van der Waals surface area contributed by atoms with Crippen LogP contribution in [0.2, 0.25) is 0 Å². The van der Waals surface area contributed by atoms with Crippen molar-refractivity contribution in [1.82, 2.24) is 14.7 Å². The molecule has 0 N–H and O–H groups in total. The normalized spacial score (nSPS) is 11.1. The molecule has 0 saturated heterocycles. The molecular formula is C15H21N3O. The van der Waals surface area contributed by atoms with Gasteiger partial charge >= 0.3 is 0 Å². The molecule has 2 rings (SSSR count). The first-order chi connectivity index (χ1) is 9.25. The quantitative estimate of drug-likeness (QED) is 0.713. The average Bonchev–Trinajstić information content (AvgIpc) is 2.81. The second kappa shape index (κ2) is 7.07. The second-order valence-corrected chi connectivity index (χ2v) is 4.72. The second-order valence-electron chi connectivity index (χ2n) is 4.72. The Labute approximate surface area is 114 Å². The van der Waals surface area contributed by atoms with E-state index in [0.29, 0.717) is 6.61 Å². The van der Waals surface area contributed by atoms with Gasteiger partial charge in [0.05, 0.1) is 18.9 Å². The number of rotatable bonds is 7. The lowest BCUT2D eigenvalue weighted by Crippen LogP contribution is -2.22. The Morgan fingerprint density at radius 3 is 2.68 bits per heavy atom. The summed E-state index contributed by atoms with van der Waals surface area (Å²) in [7, 11) is 4.04. The Morgan fingerprint density at radius 1 is 1.21 bits per heavy atom. The predicted octanol–water partition coefficient (Wildman–Crippen LogP) is 2.07. The molecule has 0 atom stereocenters. The summed E-state index contributed by atoms with van der Waals surface area (Å²) in [6, 6.07) is 12.5. The van der Waals surface area contributed by atoms with Gasteiger partial charge in [0.15, 0.2) is 0 Å². The highest BCUT2D eigenvalue weighted by molar-refractivity contribution is 5.14. The van der Waals surface area contributed by atoms with Crippen LogP contribution in [0.4, 0.5) is 0 Å². The smallest absolute Gasteiger partial charge is 0.0885 e. The Kier molecular flexibility index (Phi) is 5.12. The Morgan fingerprint density at radius 2 is 2.00 bits per heavy atom. The van der Waals surface area contributed by atoms with Crippen LogP contribution < -0.4 is 0 Å². The fourth-order valence-corrected chi connectivity index (χ4v) is 1.91. The molecule has 0 fully saturated rings. The van der Waals surface area contributed by atoms with Gasteiger partial charge in [0.2, 0.25) is 0 Å². The molecule has 0 aliphatic carbocycles. The maximum absolute atomic E-state index is 5.66. The highest BCUT2D eigenvalue weighted by Crippen LogP contribution is 2.03. The van der Waals surface area contributed by atoms with E-state index in [4.69, 9.17) is 4.74 Å². The van der Waals surface area contributed by atoms with E-state index in [1.807, 2.05) is 23.9 Å². The van der Waals surface area contributed by atoms with Crippen LogP contribution >= 0.6 is 0 Å². The minimum atomic E-state index is 0.621. The minimum Gasteiger partial charge on any atom is -0.374 e. The Balaban J connectivity index is 1.64. The van der Waals surface area contributed by atoms with Crippen molar-refractivity contribution in [3.63, 3.8) is 0 Å². The number of ether oxygens (including phenoxy) is 1. The van der Waals surface area contributed by atoms with Crippen LogP contribution in [0.3, 0.4) is 0 Å². The molecule has 0 amide bonds. The molecule has 0 aliphatic heterocycles. The molecule has 0 radical (unpaired) electrons. The Hall–Kier alpha value is -1.65. The van der Waals surface area contributed by atoms with Crippen LogP contribution in [0.15, 0.2) is 42.6 Å². The zero-order valence-corrected chi connectivity index (χ0v) is 11.6. The summed E-state index contributed by atoms with van der Waals surface area (Å²) < 4.78 is 7.51. The van der Waals surface area contributed by atoms with Gasteiger partial charge in [0, 0.05) is 26.3 Å². The fourth-order valence-electron chi connectivity index (χ4n) is 1.91. The van der Waals surface area contributed by atoms with Crippen molar-refractivity contribution >= 4 is 0 Å². The standard InChI is InChI=1S/C15H21N3O/c1-17(12-14-6-4-3-5-7-14)10-11-19-13-15-8-9-16-18(15)2/h3-9H,10-13H2,1-2H3. The third-order valence-electron chi connectivity index (χ3n) is 3.09. The number of likely N-dealkylation sites (N-methyl/N-ethyl adjacent to an activating group) is 1. The van der Waals surface area contributed by atoms with Gasteiger partial charge in [-0.25, -0.2) is 0 Å². The summed E-state index contributed by atoms with van der Waals surface area (Å²) in [6.07, 6.45) is 1.79. The number of nitrogens with zero attached hydrogens (tertiary/aromatic N) is 3. The molecule has 0 saturated carbocycles. The van der Waals surface area contributed by atoms with Gasteiger partial charge in [-0.2, -0.15) is 5.10 Å². The van der Waals surface area contributed by atoms with Gasteiger partial charge < -0.3 is 4.74 Å². The van der Waals surface area contributed by atoms with Crippen molar-refractivity contribution in [2.75, 3.05) is 20.2 Å². The largest absolute Gasteiger partial charge is 0.374 e. The molecule has 2 aromatic rings. The number of aryl methyl sites for hydroxylation is 1. The van der Waals surface area contributed by atoms with Gasteiger partial charge in [-0.3, -0.25) is 9.58 Å². The molecule has 19 heavy (non-hydrogen) atoms. The van der Waals surface area contributed by atoms with E-state index in [9.17, 15) is 0 Å². The number of aromatic nitrogens is 2.